The average molecular weight is 354 g/mol. The van der Waals surface area contributed by atoms with Crippen molar-refractivity contribution in [1.82, 2.24) is 19.2 Å². The third-order valence-corrected chi connectivity index (χ3v) is 5.43. The molecule has 0 atom stereocenters. The van der Waals surface area contributed by atoms with Crippen LogP contribution >= 0.6 is 11.3 Å². The van der Waals surface area contributed by atoms with E-state index < -0.39 is 0 Å². The van der Waals surface area contributed by atoms with Gasteiger partial charge in [0, 0.05) is 43.8 Å². The molecule has 2 aromatic heterocycles. The number of hydrogen-bond donors (Lipinski definition) is 0. The molecule has 0 unspecified atom stereocenters. The lowest BCUT2D eigenvalue weighted by Gasteiger charge is -2.21. The molecule has 5 nitrogen and oxygen atoms in total. The maximum absolute atomic E-state index is 12.1. The van der Waals surface area contributed by atoms with Crippen LogP contribution < -0.4 is 5.56 Å². The molecule has 0 amide bonds. The molecule has 3 aromatic rings. The molecule has 0 spiro atoms. The number of nitrogens with zero attached hydrogens (tertiary/aromatic N) is 4. The lowest BCUT2D eigenvalue weighted by atomic mass is 10.2. The van der Waals surface area contributed by atoms with E-state index in [0.29, 0.717) is 0 Å². The van der Waals surface area contributed by atoms with Crippen LogP contribution in [0.25, 0.3) is 4.96 Å². The third kappa shape index (κ3) is 3.98. The summed E-state index contributed by atoms with van der Waals surface area (Å²) in [5.41, 5.74) is 2.26. The Morgan fingerprint density at radius 3 is 2.56 bits per heavy atom. The van der Waals surface area contributed by atoms with Crippen LogP contribution in [0.15, 0.2) is 52.8 Å². The molecule has 6 heteroatoms. The number of rotatable bonds is 4. The average Bonchev–Trinajstić information content (AvgIpc) is 2.99. The van der Waals surface area contributed by atoms with E-state index in [9.17, 15) is 4.79 Å². The molecule has 0 N–H and O–H groups in total. The van der Waals surface area contributed by atoms with Crippen LogP contribution in [0.4, 0.5) is 0 Å². The molecule has 0 aliphatic carbocycles. The van der Waals surface area contributed by atoms with Crippen molar-refractivity contribution >= 4 is 16.3 Å². The molecule has 1 aliphatic rings. The van der Waals surface area contributed by atoms with Gasteiger partial charge in [-0.2, -0.15) is 0 Å². The normalized spacial score (nSPS) is 17.0. The molecule has 0 bridgehead atoms. The predicted molar refractivity (Wildman–Crippen MR) is 101 cm³/mol. The lowest BCUT2D eigenvalue weighted by Crippen LogP contribution is -2.31. The van der Waals surface area contributed by atoms with Crippen molar-refractivity contribution < 1.29 is 0 Å². The molecular weight excluding hydrogens is 332 g/mol. The Morgan fingerprint density at radius 1 is 1.00 bits per heavy atom. The first-order chi connectivity index (χ1) is 12.3. The molecule has 1 fully saturated rings. The number of hydrogen-bond acceptors (Lipinski definition) is 5. The molecular formula is C19H22N4OS. The minimum atomic E-state index is 0.0155. The van der Waals surface area contributed by atoms with E-state index in [2.05, 4.69) is 45.1 Å². The summed E-state index contributed by atoms with van der Waals surface area (Å²) in [4.78, 5) is 22.5. The topological polar surface area (TPSA) is 40.9 Å². The van der Waals surface area contributed by atoms with E-state index in [1.807, 2.05) is 5.38 Å². The van der Waals surface area contributed by atoms with Gasteiger partial charge in [0.1, 0.15) is 0 Å². The summed E-state index contributed by atoms with van der Waals surface area (Å²) in [6, 6.07) is 12.3. The first kappa shape index (κ1) is 16.4. The molecule has 0 radical (unpaired) electrons. The Kier molecular flexibility index (Phi) is 4.92. The number of benzene rings is 1. The van der Waals surface area contributed by atoms with E-state index in [1.165, 1.54) is 16.9 Å². The predicted octanol–water partition coefficient (Wildman–Crippen LogP) is 2.46. The maximum Gasteiger partial charge on any atom is 0.258 e. The van der Waals surface area contributed by atoms with E-state index in [0.717, 1.165) is 56.3 Å². The molecule has 0 saturated carbocycles. The van der Waals surface area contributed by atoms with Gasteiger partial charge in [-0.25, -0.2) is 4.98 Å². The Morgan fingerprint density at radius 2 is 1.76 bits per heavy atom. The molecule has 1 saturated heterocycles. The zero-order valence-electron chi connectivity index (χ0n) is 14.2. The lowest BCUT2D eigenvalue weighted by molar-refractivity contribution is 0.245. The zero-order valence-corrected chi connectivity index (χ0v) is 15.0. The van der Waals surface area contributed by atoms with Gasteiger partial charge in [-0.3, -0.25) is 19.0 Å². The quantitative estimate of drug-likeness (QED) is 0.722. The summed E-state index contributed by atoms with van der Waals surface area (Å²) < 4.78 is 1.61. The summed E-state index contributed by atoms with van der Waals surface area (Å²) in [5.74, 6) is 0. The van der Waals surface area contributed by atoms with Crippen molar-refractivity contribution in [1.29, 1.82) is 0 Å². The van der Waals surface area contributed by atoms with Crippen LogP contribution in [0.3, 0.4) is 0 Å². The van der Waals surface area contributed by atoms with Crippen LogP contribution in [0, 0.1) is 0 Å². The van der Waals surface area contributed by atoms with Crippen LogP contribution in [-0.4, -0.2) is 45.4 Å². The van der Waals surface area contributed by atoms with Crippen molar-refractivity contribution in [2.75, 3.05) is 26.2 Å². The second kappa shape index (κ2) is 7.47. The molecule has 1 aliphatic heterocycles. The Bertz CT molecular complexity index is 889. The Labute approximate surface area is 151 Å². The fourth-order valence-electron chi connectivity index (χ4n) is 3.38. The molecule has 1 aromatic carbocycles. The van der Waals surface area contributed by atoms with Crippen molar-refractivity contribution in [2.24, 2.45) is 0 Å². The highest BCUT2D eigenvalue weighted by atomic mass is 32.1. The van der Waals surface area contributed by atoms with E-state index >= 15 is 0 Å². The fourth-order valence-corrected chi connectivity index (χ4v) is 4.12. The highest BCUT2D eigenvalue weighted by molar-refractivity contribution is 7.15. The SMILES string of the molecule is O=c1cc(CN2CCCN(Cc3ccccc3)CC2)nc2sccn12. The van der Waals surface area contributed by atoms with E-state index in [-0.39, 0.29) is 5.56 Å². The van der Waals surface area contributed by atoms with Gasteiger partial charge in [-0.15, -0.1) is 11.3 Å². The number of thiazole rings is 1. The smallest absolute Gasteiger partial charge is 0.258 e. The van der Waals surface area contributed by atoms with Gasteiger partial charge >= 0.3 is 0 Å². The van der Waals surface area contributed by atoms with Gasteiger partial charge in [0.2, 0.25) is 0 Å². The van der Waals surface area contributed by atoms with Crippen molar-refractivity contribution in [2.45, 2.75) is 19.5 Å². The first-order valence-corrected chi connectivity index (χ1v) is 9.60. The molecule has 4 rings (SSSR count). The Balaban J connectivity index is 1.39. The highest BCUT2D eigenvalue weighted by Crippen LogP contribution is 2.12. The summed E-state index contributed by atoms with van der Waals surface area (Å²) in [7, 11) is 0. The fraction of sp³-hybridized carbons (Fsp3) is 0.368. The largest absolute Gasteiger partial charge is 0.298 e. The minimum Gasteiger partial charge on any atom is -0.298 e. The monoisotopic (exact) mass is 354 g/mol. The standard InChI is InChI=1S/C19H22N4OS/c24-18-13-17(20-19-23(18)11-12-25-19)15-22-8-4-7-21(9-10-22)14-16-5-2-1-3-6-16/h1-3,5-6,11-13H,4,7-10,14-15H2. The molecule has 25 heavy (non-hydrogen) atoms. The summed E-state index contributed by atoms with van der Waals surface area (Å²) in [6.45, 7) is 5.99. The third-order valence-electron chi connectivity index (χ3n) is 4.67. The van der Waals surface area contributed by atoms with Crippen LogP contribution in [-0.2, 0) is 13.1 Å². The van der Waals surface area contributed by atoms with Gasteiger partial charge in [0.25, 0.3) is 5.56 Å². The summed E-state index contributed by atoms with van der Waals surface area (Å²) >= 11 is 1.51. The van der Waals surface area contributed by atoms with Crippen LogP contribution in [0.5, 0.6) is 0 Å². The summed E-state index contributed by atoms with van der Waals surface area (Å²) in [6.07, 6.45) is 2.93. The van der Waals surface area contributed by atoms with Gasteiger partial charge in [-0.05, 0) is 25.1 Å². The van der Waals surface area contributed by atoms with Gasteiger partial charge in [0.05, 0.1) is 5.69 Å². The number of fused-ring (bicyclic) bond motifs is 1. The Hall–Kier alpha value is -2.02. The van der Waals surface area contributed by atoms with Gasteiger partial charge < -0.3 is 0 Å². The zero-order chi connectivity index (χ0) is 17.1. The second-order valence-corrected chi connectivity index (χ2v) is 7.41. The van der Waals surface area contributed by atoms with Crippen molar-refractivity contribution in [3.8, 4) is 0 Å². The summed E-state index contributed by atoms with van der Waals surface area (Å²) in [5, 5.41) is 1.90. The van der Waals surface area contributed by atoms with E-state index in [4.69, 9.17) is 0 Å². The van der Waals surface area contributed by atoms with Gasteiger partial charge in [-0.1, -0.05) is 30.3 Å². The molecule has 3 heterocycles. The van der Waals surface area contributed by atoms with Crippen molar-refractivity contribution in [3.05, 3.63) is 69.6 Å². The maximum atomic E-state index is 12.1. The highest BCUT2D eigenvalue weighted by Gasteiger charge is 2.16. The van der Waals surface area contributed by atoms with E-state index in [1.54, 1.807) is 16.7 Å². The van der Waals surface area contributed by atoms with Crippen molar-refractivity contribution in [3.63, 3.8) is 0 Å². The number of aromatic nitrogens is 2. The first-order valence-electron chi connectivity index (χ1n) is 8.72. The van der Waals surface area contributed by atoms with Crippen LogP contribution in [0.1, 0.15) is 17.7 Å². The molecule has 130 valence electrons. The van der Waals surface area contributed by atoms with Crippen LogP contribution in [0.2, 0.25) is 0 Å². The van der Waals surface area contributed by atoms with Gasteiger partial charge in [0.15, 0.2) is 4.96 Å². The second-order valence-electron chi connectivity index (χ2n) is 6.53. The minimum absolute atomic E-state index is 0.0155.